The van der Waals surface area contributed by atoms with E-state index in [0.717, 1.165) is 22.9 Å². The first-order chi connectivity index (χ1) is 16.3. The number of aryl methyl sites for hydroxylation is 1. The molecular formula is C21H15ClF4N6O3. The van der Waals surface area contributed by atoms with E-state index >= 15 is 0 Å². The van der Waals surface area contributed by atoms with Crippen molar-refractivity contribution in [2.45, 2.75) is 26.6 Å². The summed E-state index contributed by atoms with van der Waals surface area (Å²) in [5.74, 6) is -2.49. The molecule has 0 radical (unpaired) electrons. The van der Waals surface area contributed by atoms with Gasteiger partial charge in [0.2, 0.25) is 0 Å². The number of anilines is 1. The molecule has 0 saturated carbocycles. The lowest BCUT2D eigenvalue weighted by Crippen LogP contribution is -2.19. The first-order valence-electron chi connectivity index (χ1n) is 9.83. The molecule has 0 unspecified atom stereocenters. The molecule has 0 aliphatic rings. The van der Waals surface area contributed by atoms with Crippen molar-refractivity contribution in [1.29, 1.82) is 0 Å². The minimum absolute atomic E-state index is 0.00410. The number of alkyl halides is 3. The highest BCUT2D eigenvalue weighted by molar-refractivity contribution is 6.31. The van der Waals surface area contributed by atoms with Crippen molar-refractivity contribution in [3.05, 3.63) is 69.2 Å². The second-order valence-electron chi connectivity index (χ2n) is 7.55. The van der Waals surface area contributed by atoms with Gasteiger partial charge in [0.25, 0.3) is 11.8 Å². The Morgan fingerprint density at radius 2 is 1.91 bits per heavy atom. The van der Waals surface area contributed by atoms with Crippen molar-refractivity contribution in [1.82, 2.24) is 19.9 Å². The fourth-order valence-electron chi connectivity index (χ4n) is 3.41. The van der Waals surface area contributed by atoms with Gasteiger partial charge in [0.15, 0.2) is 5.69 Å². The molecule has 0 aliphatic heterocycles. The Hall–Kier alpha value is -4.00. The highest BCUT2D eigenvalue weighted by Crippen LogP contribution is 2.36. The number of fused-ring (bicyclic) bond motifs is 1. The van der Waals surface area contributed by atoms with Crippen LogP contribution < -0.4 is 11.1 Å². The Labute approximate surface area is 198 Å². The number of benzene rings is 1. The number of amides is 2. The molecule has 35 heavy (non-hydrogen) atoms. The van der Waals surface area contributed by atoms with Crippen LogP contribution in [0.2, 0.25) is 5.02 Å². The third-order valence-corrected chi connectivity index (χ3v) is 5.34. The van der Waals surface area contributed by atoms with Crippen molar-refractivity contribution in [2.75, 3.05) is 5.32 Å². The number of hydrogen-bond acceptors (Lipinski definition) is 6. The lowest BCUT2D eigenvalue weighted by Gasteiger charge is -2.12. The van der Waals surface area contributed by atoms with Gasteiger partial charge in [0.1, 0.15) is 23.0 Å². The molecule has 4 rings (SSSR count). The zero-order chi connectivity index (χ0) is 25.7. The maximum Gasteiger partial charge on any atom is 0.437 e. The number of carbonyl (C=O) groups is 2. The molecule has 0 atom stereocenters. The number of halogens is 5. The SMILES string of the molecule is Cc1cc(Cn2nc(C(F)(F)F)c(NC(=O)c3cc(C(N)=O)nc4cc(F)c(Cl)cc34)c2C)no1. The van der Waals surface area contributed by atoms with E-state index in [-0.39, 0.29) is 33.7 Å². The normalized spacial score (nSPS) is 11.7. The van der Waals surface area contributed by atoms with Crippen LogP contribution in [-0.2, 0) is 12.7 Å². The number of carbonyl (C=O) groups excluding carboxylic acids is 2. The fraction of sp³-hybridized carbons (Fsp3) is 0.190. The Kier molecular flexibility index (Phi) is 5.97. The summed E-state index contributed by atoms with van der Waals surface area (Å²) in [7, 11) is 0. The number of hydrogen-bond donors (Lipinski definition) is 2. The maximum absolute atomic E-state index is 13.9. The molecule has 0 bridgehead atoms. The molecule has 14 heteroatoms. The lowest BCUT2D eigenvalue weighted by molar-refractivity contribution is -0.140. The van der Waals surface area contributed by atoms with Crippen molar-refractivity contribution in [3.8, 4) is 0 Å². The van der Waals surface area contributed by atoms with Gasteiger partial charge in [-0.05, 0) is 26.0 Å². The first kappa shape index (κ1) is 24.1. The van der Waals surface area contributed by atoms with Gasteiger partial charge in [-0.15, -0.1) is 0 Å². The van der Waals surface area contributed by atoms with Crippen molar-refractivity contribution >= 4 is 40.0 Å². The van der Waals surface area contributed by atoms with Crippen molar-refractivity contribution < 1.29 is 31.7 Å². The van der Waals surface area contributed by atoms with Crippen LogP contribution in [0.1, 0.15) is 43.7 Å². The van der Waals surface area contributed by atoms with Crippen LogP contribution in [0, 0.1) is 19.7 Å². The van der Waals surface area contributed by atoms with Gasteiger partial charge in [-0.25, -0.2) is 9.37 Å². The summed E-state index contributed by atoms with van der Waals surface area (Å²) in [6.07, 6.45) is -4.91. The number of nitrogens with one attached hydrogen (secondary N) is 1. The van der Waals surface area contributed by atoms with Gasteiger partial charge in [0, 0.05) is 17.5 Å². The summed E-state index contributed by atoms with van der Waals surface area (Å²) in [6, 6.07) is 4.47. The van der Waals surface area contributed by atoms with Gasteiger partial charge in [-0.3, -0.25) is 14.3 Å². The topological polar surface area (TPSA) is 129 Å². The monoisotopic (exact) mass is 510 g/mol. The third-order valence-electron chi connectivity index (χ3n) is 5.05. The number of pyridine rings is 1. The molecule has 4 aromatic rings. The minimum Gasteiger partial charge on any atom is -0.364 e. The average Bonchev–Trinajstić information content (AvgIpc) is 3.31. The van der Waals surface area contributed by atoms with Crippen LogP contribution in [0.5, 0.6) is 0 Å². The van der Waals surface area contributed by atoms with Crippen LogP contribution in [-0.4, -0.2) is 31.7 Å². The summed E-state index contributed by atoms with van der Waals surface area (Å²) in [5.41, 5.74) is 2.76. The van der Waals surface area contributed by atoms with E-state index in [1.807, 2.05) is 0 Å². The molecule has 0 spiro atoms. The molecule has 0 aliphatic carbocycles. The molecule has 3 heterocycles. The molecule has 3 aromatic heterocycles. The van der Waals surface area contributed by atoms with E-state index in [1.54, 1.807) is 6.92 Å². The summed E-state index contributed by atoms with van der Waals surface area (Å²) in [5, 5.41) is 9.18. The van der Waals surface area contributed by atoms with Gasteiger partial charge < -0.3 is 15.6 Å². The highest BCUT2D eigenvalue weighted by Gasteiger charge is 2.39. The molecule has 9 nitrogen and oxygen atoms in total. The van der Waals surface area contributed by atoms with Crippen LogP contribution in [0.3, 0.4) is 0 Å². The molecular weight excluding hydrogens is 496 g/mol. The molecule has 2 amide bonds. The van der Waals surface area contributed by atoms with E-state index < -0.39 is 40.9 Å². The quantitative estimate of drug-likeness (QED) is 0.386. The van der Waals surface area contributed by atoms with Gasteiger partial charge >= 0.3 is 6.18 Å². The highest BCUT2D eigenvalue weighted by atomic mass is 35.5. The van der Waals surface area contributed by atoms with E-state index in [2.05, 4.69) is 20.6 Å². The van der Waals surface area contributed by atoms with Gasteiger partial charge in [0.05, 0.1) is 34.0 Å². The van der Waals surface area contributed by atoms with E-state index in [0.29, 0.717) is 11.5 Å². The Balaban J connectivity index is 1.81. The zero-order valence-corrected chi connectivity index (χ0v) is 18.8. The lowest BCUT2D eigenvalue weighted by atomic mass is 10.1. The number of nitrogens with two attached hydrogens (primary N) is 1. The van der Waals surface area contributed by atoms with Crippen molar-refractivity contribution in [3.63, 3.8) is 0 Å². The van der Waals surface area contributed by atoms with Gasteiger partial charge in [-0.1, -0.05) is 16.8 Å². The number of primary amides is 1. The zero-order valence-electron chi connectivity index (χ0n) is 18.0. The smallest absolute Gasteiger partial charge is 0.364 e. The Morgan fingerprint density at radius 3 is 2.51 bits per heavy atom. The third kappa shape index (κ3) is 4.67. The number of aromatic nitrogens is 4. The Morgan fingerprint density at radius 1 is 1.20 bits per heavy atom. The van der Waals surface area contributed by atoms with Crippen LogP contribution in [0.4, 0.5) is 23.2 Å². The minimum atomic E-state index is -4.91. The second kappa shape index (κ2) is 8.65. The number of nitrogens with zero attached hydrogens (tertiary/aromatic N) is 4. The summed E-state index contributed by atoms with van der Waals surface area (Å²) >= 11 is 5.82. The number of rotatable bonds is 5. The predicted octanol–water partition coefficient (Wildman–Crippen LogP) is 4.25. The summed E-state index contributed by atoms with van der Waals surface area (Å²) in [4.78, 5) is 28.7. The van der Waals surface area contributed by atoms with Crippen LogP contribution >= 0.6 is 11.6 Å². The Bertz CT molecular complexity index is 1490. The predicted molar refractivity (Wildman–Crippen MR) is 115 cm³/mol. The average molecular weight is 511 g/mol. The maximum atomic E-state index is 13.9. The molecule has 0 saturated heterocycles. The standard InChI is InChI=1S/C21H15ClF4N6O3/c1-8-3-10(31-35-8)7-32-9(2)17(18(30-32)21(24,25)26)29-20(34)12-5-16(19(27)33)28-15-6-14(23)13(22)4-11(12)15/h3-6H,7H2,1-2H3,(H2,27,33)(H,29,34). The van der Waals surface area contributed by atoms with E-state index in [1.165, 1.54) is 13.0 Å². The molecule has 0 fully saturated rings. The summed E-state index contributed by atoms with van der Waals surface area (Å²) in [6.45, 7) is 2.80. The summed E-state index contributed by atoms with van der Waals surface area (Å²) < 4.78 is 61.2. The molecule has 3 N–H and O–H groups in total. The van der Waals surface area contributed by atoms with E-state index in [4.69, 9.17) is 21.9 Å². The van der Waals surface area contributed by atoms with E-state index in [9.17, 15) is 27.2 Å². The van der Waals surface area contributed by atoms with Crippen molar-refractivity contribution in [2.24, 2.45) is 5.73 Å². The first-order valence-corrected chi connectivity index (χ1v) is 10.2. The second-order valence-corrected chi connectivity index (χ2v) is 7.96. The molecule has 1 aromatic carbocycles. The molecule has 182 valence electrons. The van der Waals surface area contributed by atoms with Crippen LogP contribution in [0.15, 0.2) is 28.8 Å². The largest absolute Gasteiger partial charge is 0.437 e. The fourth-order valence-corrected chi connectivity index (χ4v) is 3.57. The van der Waals surface area contributed by atoms with Gasteiger partial charge in [-0.2, -0.15) is 18.3 Å². The van der Waals surface area contributed by atoms with Crippen LogP contribution in [0.25, 0.3) is 10.9 Å².